The van der Waals surface area contributed by atoms with Crippen LogP contribution in [0.2, 0.25) is 0 Å². The van der Waals surface area contributed by atoms with Crippen molar-refractivity contribution < 1.29 is 4.79 Å². The van der Waals surface area contributed by atoms with Crippen LogP contribution in [-0.4, -0.2) is 16.6 Å². The summed E-state index contributed by atoms with van der Waals surface area (Å²) in [5.74, 6) is 5.75. The summed E-state index contributed by atoms with van der Waals surface area (Å²) >= 11 is 1.61. The molecule has 1 aromatic heterocycles. The topological polar surface area (TPSA) is 94.0 Å². The molecule has 0 atom stereocenters. The molecule has 0 aliphatic rings. The van der Waals surface area contributed by atoms with Gasteiger partial charge in [-0.15, -0.1) is 11.8 Å². The number of pyridine rings is 1. The Hall–Kier alpha value is -1.27. The highest BCUT2D eigenvalue weighted by Crippen LogP contribution is 2.22. The lowest BCUT2D eigenvalue weighted by Crippen LogP contribution is -2.29. The number of carbonyl (C=O) groups excluding carboxylic acids is 1. The van der Waals surface area contributed by atoms with Gasteiger partial charge >= 0.3 is 0 Å². The van der Waals surface area contributed by atoms with E-state index >= 15 is 0 Å². The molecule has 0 bridgehead atoms. The lowest BCUT2D eigenvalue weighted by atomic mass is 10.2. The molecule has 1 aromatic rings. The summed E-state index contributed by atoms with van der Waals surface area (Å²) < 4.78 is 0. The molecule has 5 N–H and O–H groups in total. The molecule has 1 heterocycles. The second kappa shape index (κ2) is 7.08. The van der Waals surface area contributed by atoms with Gasteiger partial charge in [0.05, 0.1) is 5.69 Å². The average Bonchev–Trinajstić information content (AvgIpc) is 2.30. The Balaban J connectivity index is 2.17. The van der Waals surface area contributed by atoms with E-state index in [1.165, 1.54) is 0 Å². The molecule has 1 rings (SSSR count). The maximum Gasteiger partial charge on any atom is 0.233 e. The average molecular weight is 240 g/mol. The van der Waals surface area contributed by atoms with Crippen LogP contribution in [0.3, 0.4) is 0 Å². The fraction of sp³-hybridized carbons (Fsp3) is 0.400. The summed E-state index contributed by atoms with van der Waals surface area (Å²) in [6.07, 6.45) is 3.95. The summed E-state index contributed by atoms with van der Waals surface area (Å²) in [6, 6.07) is 3.64. The van der Waals surface area contributed by atoms with Crippen molar-refractivity contribution >= 4 is 23.4 Å². The van der Waals surface area contributed by atoms with Gasteiger partial charge in [0.25, 0.3) is 0 Å². The predicted octanol–water partition coefficient (Wildman–Crippen LogP) is 0.916. The minimum absolute atomic E-state index is 0.123. The van der Waals surface area contributed by atoms with Crippen molar-refractivity contribution in [1.82, 2.24) is 10.4 Å². The standard InChI is InChI=1S/C10H16N4OS/c11-8-4-3-6-13-10(8)16-7-2-1-5-9(15)14-12/h3-4,6H,1-2,5,7,11-12H2,(H,14,15). The minimum Gasteiger partial charge on any atom is -0.397 e. The fourth-order valence-corrected chi connectivity index (χ4v) is 2.06. The summed E-state index contributed by atoms with van der Waals surface area (Å²) in [7, 11) is 0. The summed E-state index contributed by atoms with van der Waals surface area (Å²) in [6.45, 7) is 0. The molecule has 5 nitrogen and oxygen atoms in total. The Morgan fingerprint density at radius 3 is 3.00 bits per heavy atom. The van der Waals surface area contributed by atoms with E-state index < -0.39 is 0 Å². The maximum absolute atomic E-state index is 10.8. The molecule has 1 amide bonds. The summed E-state index contributed by atoms with van der Waals surface area (Å²) in [5.41, 5.74) is 8.55. The van der Waals surface area contributed by atoms with Gasteiger partial charge in [-0.25, -0.2) is 10.8 Å². The van der Waals surface area contributed by atoms with Gasteiger partial charge in [-0.1, -0.05) is 0 Å². The van der Waals surface area contributed by atoms with Gasteiger partial charge in [-0.2, -0.15) is 0 Å². The van der Waals surface area contributed by atoms with E-state index in [1.807, 2.05) is 12.1 Å². The number of rotatable bonds is 6. The first kappa shape index (κ1) is 12.8. The number of nitrogens with two attached hydrogens (primary N) is 2. The first-order chi connectivity index (χ1) is 7.74. The van der Waals surface area contributed by atoms with Gasteiger partial charge in [0.2, 0.25) is 5.91 Å². The number of hydrogen-bond acceptors (Lipinski definition) is 5. The van der Waals surface area contributed by atoms with Crippen molar-refractivity contribution in [2.45, 2.75) is 24.3 Å². The van der Waals surface area contributed by atoms with Crippen molar-refractivity contribution in [2.24, 2.45) is 5.84 Å². The second-order valence-corrected chi connectivity index (χ2v) is 4.35. The Kier molecular flexibility index (Phi) is 5.66. The number of carbonyl (C=O) groups is 1. The smallest absolute Gasteiger partial charge is 0.233 e. The number of unbranched alkanes of at least 4 members (excludes halogenated alkanes) is 1. The van der Waals surface area contributed by atoms with Crippen molar-refractivity contribution in [1.29, 1.82) is 0 Å². The number of amides is 1. The zero-order valence-electron chi connectivity index (χ0n) is 8.98. The Morgan fingerprint density at radius 2 is 2.31 bits per heavy atom. The van der Waals surface area contributed by atoms with Crippen LogP contribution in [0.5, 0.6) is 0 Å². The van der Waals surface area contributed by atoms with Crippen LogP contribution in [-0.2, 0) is 4.79 Å². The van der Waals surface area contributed by atoms with Gasteiger partial charge in [0.1, 0.15) is 5.03 Å². The van der Waals surface area contributed by atoms with E-state index in [9.17, 15) is 4.79 Å². The van der Waals surface area contributed by atoms with Crippen LogP contribution in [0.15, 0.2) is 23.4 Å². The van der Waals surface area contributed by atoms with E-state index in [0.29, 0.717) is 12.1 Å². The number of anilines is 1. The van der Waals surface area contributed by atoms with Crippen LogP contribution < -0.4 is 17.0 Å². The lowest BCUT2D eigenvalue weighted by Gasteiger charge is -2.03. The van der Waals surface area contributed by atoms with Gasteiger partial charge in [-0.3, -0.25) is 10.2 Å². The summed E-state index contributed by atoms with van der Waals surface area (Å²) in [5, 5.41) is 0.853. The molecule has 0 saturated carbocycles. The van der Waals surface area contributed by atoms with E-state index in [0.717, 1.165) is 23.6 Å². The van der Waals surface area contributed by atoms with Crippen LogP contribution in [0, 0.1) is 0 Å². The zero-order valence-corrected chi connectivity index (χ0v) is 9.80. The first-order valence-electron chi connectivity index (χ1n) is 5.06. The van der Waals surface area contributed by atoms with Crippen molar-refractivity contribution in [2.75, 3.05) is 11.5 Å². The van der Waals surface area contributed by atoms with Crippen molar-refractivity contribution in [3.63, 3.8) is 0 Å². The van der Waals surface area contributed by atoms with Crippen LogP contribution in [0.25, 0.3) is 0 Å². The highest BCUT2D eigenvalue weighted by atomic mass is 32.2. The largest absolute Gasteiger partial charge is 0.397 e. The van der Waals surface area contributed by atoms with Crippen molar-refractivity contribution in [3.8, 4) is 0 Å². The van der Waals surface area contributed by atoms with E-state index in [2.05, 4.69) is 10.4 Å². The van der Waals surface area contributed by atoms with Gasteiger partial charge in [-0.05, 0) is 30.7 Å². The highest BCUT2D eigenvalue weighted by molar-refractivity contribution is 7.99. The molecular formula is C10H16N4OS. The minimum atomic E-state index is -0.123. The Morgan fingerprint density at radius 1 is 1.50 bits per heavy atom. The normalized spacial score (nSPS) is 10.1. The quantitative estimate of drug-likeness (QED) is 0.226. The number of nitrogens with zero attached hydrogens (tertiary/aromatic N) is 1. The molecule has 0 aromatic carbocycles. The number of nitrogens with one attached hydrogen (secondary N) is 1. The zero-order chi connectivity index (χ0) is 11.8. The van der Waals surface area contributed by atoms with Gasteiger partial charge in [0.15, 0.2) is 0 Å². The molecule has 88 valence electrons. The monoisotopic (exact) mass is 240 g/mol. The predicted molar refractivity (Wildman–Crippen MR) is 65.6 cm³/mol. The SMILES string of the molecule is NNC(=O)CCCCSc1ncccc1N. The molecule has 0 radical (unpaired) electrons. The van der Waals surface area contributed by atoms with Crippen LogP contribution in [0.1, 0.15) is 19.3 Å². The number of thioether (sulfide) groups is 1. The molecule has 0 aliphatic carbocycles. The number of nitrogen functional groups attached to an aromatic ring is 1. The highest BCUT2D eigenvalue weighted by Gasteiger charge is 2.01. The van der Waals surface area contributed by atoms with Crippen LogP contribution in [0.4, 0.5) is 5.69 Å². The maximum atomic E-state index is 10.8. The third kappa shape index (κ3) is 4.50. The third-order valence-electron chi connectivity index (χ3n) is 2.00. The molecule has 0 fully saturated rings. The fourth-order valence-electron chi connectivity index (χ4n) is 1.15. The Labute approximate surface area is 99.0 Å². The molecule has 0 aliphatic heterocycles. The van der Waals surface area contributed by atoms with E-state index in [1.54, 1.807) is 18.0 Å². The summed E-state index contributed by atoms with van der Waals surface area (Å²) in [4.78, 5) is 15.0. The van der Waals surface area contributed by atoms with Gasteiger partial charge in [0, 0.05) is 12.6 Å². The Bertz CT molecular complexity index is 345. The van der Waals surface area contributed by atoms with E-state index in [4.69, 9.17) is 11.6 Å². The molecule has 0 unspecified atom stereocenters. The van der Waals surface area contributed by atoms with E-state index in [-0.39, 0.29) is 5.91 Å². The number of hydrazine groups is 1. The molecule has 16 heavy (non-hydrogen) atoms. The van der Waals surface area contributed by atoms with Gasteiger partial charge < -0.3 is 5.73 Å². The molecule has 0 spiro atoms. The second-order valence-electron chi connectivity index (χ2n) is 3.27. The van der Waals surface area contributed by atoms with Crippen LogP contribution >= 0.6 is 11.8 Å². The number of hydrogen-bond donors (Lipinski definition) is 3. The molecule has 0 saturated heterocycles. The molecule has 6 heteroatoms. The number of aromatic nitrogens is 1. The molecular weight excluding hydrogens is 224 g/mol. The first-order valence-corrected chi connectivity index (χ1v) is 6.05. The van der Waals surface area contributed by atoms with Crippen molar-refractivity contribution in [3.05, 3.63) is 18.3 Å². The third-order valence-corrected chi connectivity index (χ3v) is 3.11. The lowest BCUT2D eigenvalue weighted by molar-refractivity contribution is -0.121.